The van der Waals surface area contributed by atoms with Crippen molar-refractivity contribution in [2.45, 2.75) is 39.5 Å². The molecule has 2 heterocycles. The van der Waals surface area contributed by atoms with Crippen LogP contribution in [-0.4, -0.2) is 80.5 Å². The Labute approximate surface area is 163 Å². The van der Waals surface area contributed by atoms with E-state index in [0.717, 1.165) is 17.9 Å². The van der Waals surface area contributed by atoms with Crippen molar-refractivity contribution in [1.82, 2.24) is 13.5 Å². The normalized spacial score (nSPS) is 26.2. The van der Waals surface area contributed by atoms with E-state index in [2.05, 4.69) is 17.9 Å². The molecule has 7 nitrogen and oxygen atoms in total. The fraction of sp³-hybridized carbons (Fsp3) is 0.684. The summed E-state index contributed by atoms with van der Waals surface area (Å²) in [6, 6.07) is 6.17. The maximum Gasteiger partial charge on any atom is 0.282 e. The van der Waals surface area contributed by atoms with Gasteiger partial charge in [-0.05, 0) is 26.8 Å². The molecular weight excluding hydrogens is 366 g/mol. The Kier molecular flexibility index (Phi) is 6.43. The minimum Gasteiger partial charge on any atom is -0.496 e. The summed E-state index contributed by atoms with van der Waals surface area (Å²) in [7, 11) is -1.75. The first-order valence-corrected chi connectivity index (χ1v) is 11.0. The molecule has 3 rings (SSSR count). The van der Waals surface area contributed by atoms with Crippen molar-refractivity contribution in [3.63, 3.8) is 0 Å². The molecule has 2 fully saturated rings. The number of methoxy groups -OCH3 is 1. The predicted molar refractivity (Wildman–Crippen MR) is 105 cm³/mol. The van der Waals surface area contributed by atoms with E-state index in [1.807, 2.05) is 26.0 Å². The van der Waals surface area contributed by atoms with Gasteiger partial charge < -0.3 is 9.47 Å². The van der Waals surface area contributed by atoms with Crippen molar-refractivity contribution >= 4 is 10.2 Å². The lowest BCUT2D eigenvalue weighted by Gasteiger charge is -2.40. The first-order valence-electron chi connectivity index (χ1n) is 9.56. The van der Waals surface area contributed by atoms with Gasteiger partial charge in [0.05, 0.1) is 19.3 Å². The van der Waals surface area contributed by atoms with Crippen molar-refractivity contribution in [1.29, 1.82) is 0 Å². The maximum atomic E-state index is 13.0. The molecule has 0 amide bonds. The van der Waals surface area contributed by atoms with Crippen LogP contribution >= 0.6 is 0 Å². The number of rotatable bonds is 5. The van der Waals surface area contributed by atoms with Gasteiger partial charge in [0.25, 0.3) is 10.2 Å². The molecule has 27 heavy (non-hydrogen) atoms. The second-order valence-electron chi connectivity index (χ2n) is 7.57. The van der Waals surface area contributed by atoms with Gasteiger partial charge in [0.2, 0.25) is 0 Å². The van der Waals surface area contributed by atoms with Gasteiger partial charge in [-0.2, -0.15) is 17.0 Å². The molecule has 8 heteroatoms. The highest BCUT2D eigenvalue weighted by Crippen LogP contribution is 2.23. The fourth-order valence-electron chi connectivity index (χ4n) is 3.87. The van der Waals surface area contributed by atoms with Gasteiger partial charge in [0.15, 0.2) is 0 Å². The molecule has 0 spiro atoms. The minimum atomic E-state index is -3.43. The summed E-state index contributed by atoms with van der Waals surface area (Å²) >= 11 is 0. The van der Waals surface area contributed by atoms with Crippen molar-refractivity contribution in [2.75, 3.05) is 46.4 Å². The van der Waals surface area contributed by atoms with E-state index >= 15 is 0 Å². The molecule has 1 aromatic rings. The Morgan fingerprint density at radius 3 is 2.30 bits per heavy atom. The Balaban J connectivity index is 1.61. The van der Waals surface area contributed by atoms with Crippen LogP contribution in [0.25, 0.3) is 0 Å². The van der Waals surface area contributed by atoms with Crippen LogP contribution in [0.5, 0.6) is 5.75 Å². The molecule has 152 valence electrons. The Morgan fingerprint density at radius 1 is 1.07 bits per heavy atom. The third kappa shape index (κ3) is 4.81. The van der Waals surface area contributed by atoms with Gasteiger partial charge in [-0.25, -0.2) is 0 Å². The lowest BCUT2D eigenvalue weighted by atomic mass is 10.1. The number of morpholine rings is 1. The van der Waals surface area contributed by atoms with Crippen molar-refractivity contribution in [2.24, 2.45) is 0 Å². The molecule has 1 aromatic carbocycles. The van der Waals surface area contributed by atoms with E-state index in [1.54, 1.807) is 15.7 Å². The zero-order valence-electron chi connectivity index (χ0n) is 16.7. The van der Waals surface area contributed by atoms with Crippen molar-refractivity contribution in [3.8, 4) is 5.75 Å². The average molecular weight is 398 g/mol. The Morgan fingerprint density at radius 2 is 1.70 bits per heavy atom. The quantitative estimate of drug-likeness (QED) is 0.753. The zero-order chi connectivity index (χ0) is 19.6. The molecule has 2 unspecified atom stereocenters. The summed E-state index contributed by atoms with van der Waals surface area (Å²) in [4.78, 5) is 2.29. The molecule has 0 N–H and O–H groups in total. The van der Waals surface area contributed by atoms with Gasteiger partial charge in [-0.3, -0.25) is 4.90 Å². The fourth-order valence-corrected chi connectivity index (χ4v) is 5.62. The minimum absolute atomic E-state index is 0.0707. The highest BCUT2D eigenvalue weighted by atomic mass is 32.2. The van der Waals surface area contributed by atoms with E-state index in [0.29, 0.717) is 39.3 Å². The van der Waals surface area contributed by atoms with Crippen LogP contribution in [0.1, 0.15) is 25.0 Å². The van der Waals surface area contributed by atoms with Crippen LogP contribution in [0, 0.1) is 6.92 Å². The van der Waals surface area contributed by atoms with Crippen LogP contribution in [0.4, 0.5) is 0 Å². The van der Waals surface area contributed by atoms with E-state index in [1.165, 1.54) is 5.56 Å². The molecule has 0 saturated carbocycles. The summed E-state index contributed by atoms with van der Waals surface area (Å²) in [6.07, 6.45) is -0.141. The molecular formula is C19H31N3O4S. The third-order valence-electron chi connectivity index (χ3n) is 5.20. The standard InChI is InChI=1S/C19H31N3O4S/c1-15-5-6-19(25-4)18(11-15)14-20-7-9-21(10-8-20)27(23,24)22-12-16(2)26-17(3)13-22/h5-6,11,16-17H,7-10,12-14H2,1-4H3. The number of aryl methyl sites for hydroxylation is 1. The van der Waals surface area contributed by atoms with Gasteiger partial charge >= 0.3 is 0 Å². The van der Waals surface area contributed by atoms with Crippen molar-refractivity contribution < 1.29 is 17.9 Å². The number of hydrogen-bond donors (Lipinski definition) is 0. The van der Waals surface area contributed by atoms with Crippen LogP contribution in [0.2, 0.25) is 0 Å². The molecule has 0 radical (unpaired) electrons. The first kappa shape index (κ1) is 20.5. The van der Waals surface area contributed by atoms with Crippen LogP contribution in [-0.2, 0) is 21.5 Å². The van der Waals surface area contributed by atoms with Gasteiger partial charge in [-0.15, -0.1) is 0 Å². The number of ether oxygens (including phenoxy) is 2. The lowest BCUT2D eigenvalue weighted by molar-refractivity contribution is -0.0457. The molecule has 0 aliphatic carbocycles. The summed E-state index contributed by atoms with van der Waals surface area (Å²) in [5, 5.41) is 0. The summed E-state index contributed by atoms with van der Waals surface area (Å²) in [6.45, 7) is 9.98. The topological polar surface area (TPSA) is 62.3 Å². The number of benzene rings is 1. The number of piperazine rings is 1. The smallest absolute Gasteiger partial charge is 0.282 e. The van der Waals surface area contributed by atoms with E-state index in [4.69, 9.17) is 9.47 Å². The molecule has 2 aliphatic rings. The van der Waals surface area contributed by atoms with E-state index in [-0.39, 0.29) is 12.2 Å². The second kappa shape index (κ2) is 8.45. The molecule has 2 atom stereocenters. The summed E-state index contributed by atoms with van der Waals surface area (Å²) < 4.78 is 40.3. The second-order valence-corrected chi connectivity index (χ2v) is 9.50. The Bertz CT molecular complexity index is 737. The monoisotopic (exact) mass is 397 g/mol. The molecule has 2 aliphatic heterocycles. The zero-order valence-corrected chi connectivity index (χ0v) is 17.5. The number of hydrogen-bond acceptors (Lipinski definition) is 5. The molecule has 0 aromatic heterocycles. The molecule has 2 saturated heterocycles. The average Bonchev–Trinajstić information content (AvgIpc) is 2.61. The highest BCUT2D eigenvalue weighted by molar-refractivity contribution is 7.86. The van der Waals surface area contributed by atoms with E-state index in [9.17, 15) is 8.42 Å². The Hall–Kier alpha value is -1.19. The van der Waals surface area contributed by atoms with Gasteiger partial charge in [0, 0.05) is 51.4 Å². The van der Waals surface area contributed by atoms with Gasteiger partial charge in [0.1, 0.15) is 5.75 Å². The first-order chi connectivity index (χ1) is 12.8. The summed E-state index contributed by atoms with van der Waals surface area (Å²) in [5.74, 6) is 0.881. The van der Waals surface area contributed by atoms with Crippen LogP contribution < -0.4 is 4.74 Å². The predicted octanol–water partition coefficient (Wildman–Crippen LogP) is 1.48. The van der Waals surface area contributed by atoms with Crippen LogP contribution in [0.15, 0.2) is 18.2 Å². The lowest BCUT2D eigenvalue weighted by Crippen LogP contribution is -2.57. The number of nitrogens with zero attached hydrogens (tertiary/aromatic N) is 3. The largest absolute Gasteiger partial charge is 0.496 e. The van der Waals surface area contributed by atoms with E-state index < -0.39 is 10.2 Å². The summed E-state index contributed by atoms with van der Waals surface area (Å²) in [5.41, 5.74) is 2.34. The van der Waals surface area contributed by atoms with Crippen molar-refractivity contribution in [3.05, 3.63) is 29.3 Å². The third-order valence-corrected chi connectivity index (χ3v) is 7.17. The maximum absolute atomic E-state index is 13.0. The van der Waals surface area contributed by atoms with Gasteiger partial charge in [-0.1, -0.05) is 17.7 Å². The van der Waals surface area contributed by atoms with Crippen LogP contribution in [0.3, 0.4) is 0 Å². The molecule has 0 bridgehead atoms. The highest BCUT2D eigenvalue weighted by Gasteiger charge is 2.36. The SMILES string of the molecule is COc1ccc(C)cc1CN1CCN(S(=O)(=O)N2CC(C)OC(C)C2)CC1.